The number of anilines is 1. The van der Waals surface area contributed by atoms with E-state index < -0.39 is 5.97 Å². The molecule has 0 fully saturated rings. The van der Waals surface area contributed by atoms with Crippen molar-refractivity contribution in [2.75, 3.05) is 5.32 Å². The van der Waals surface area contributed by atoms with Crippen molar-refractivity contribution in [2.45, 2.75) is 17.7 Å². The summed E-state index contributed by atoms with van der Waals surface area (Å²) in [7, 11) is 0. The van der Waals surface area contributed by atoms with Gasteiger partial charge in [0.15, 0.2) is 0 Å². The highest BCUT2D eigenvalue weighted by molar-refractivity contribution is 7.98. The van der Waals surface area contributed by atoms with Gasteiger partial charge in [-0.25, -0.2) is 9.78 Å². The van der Waals surface area contributed by atoms with Crippen molar-refractivity contribution < 1.29 is 18.8 Å². The van der Waals surface area contributed by atoms with Gasteiger partial charge in [0.2, 0.25) is 0 Å². The van der Waals surface area contributed by atoms with Gasteiger partial charge >= 0.3 is 5.97 Å². The van der Waals surface area contributed by atoms with E-state index in [0.29, 0.717) is 33.3 Å². The van der Waals surface area contributed by atoms with E-state index in [1.807, 2.05) is 19.1 Å². The molecule has 1 N–H and O–H groups in total. The molecule has 7 nitrogen and oxygen atoms in total. The molecule has 0 aliphatic carbocycles. The lowest BCUT2D eigenvalue weighted by molar-refractivity contribution is 0.0730. The fourth-order valence-corrected chi connectivity index (χ4v) is 3.71. The number of aryl methyl sites for hydroxylation is 1. The molecule has 0 spiro atoms. The molecule has 0 unspecified atom stereocenters. The molecule has 0 radical (unpaired) electrons. The minimum Gasteiger partial charge on any atom is -0.423 e. The second-order valence-electron chi connectivity index (χ2n) is 6.81. The Hall–Kier alpha value is -3.91. The van der Waals surface area contributed by atoms with E-state index in [9.17, 15) is 9.59 Å². The van der Waals surface area contributed by atoms with Crippen molar-refractivity contribution in [3.63, 3.8) is 0 Å². The second-order valence-corrected chi connectivity index (χ2v) is 7.77. The molecule has 2 aromatic heterocycles. The number of amides is 1. The Labute approximate surface area is 188 Å². The first kappa shape index (κ1) is 21.3. The Kier molecular flexibility index (Phi) is 6.62. The maximum atomic E-state index is 12.7. The molecule has 32 heavy (non-hydrogen) atoms. The number of nitrogens with zero attached hydrogens (tertiary/aromatic N) is 2. The molecule has 2 aromatic carbocycles. The number of pyridine rings is 1. The third kappa shape index (κ3) is 5.41. The van der Waals surface area contributed by atoms with Crippen LogP contribution in [0, 0.1) is 6.92 Å². The molecule has 0 saturated heterocycles. The second kappa shape index (κ2) is 9.93. The maximum Gasteiger partial charge on any atom is 0.346 e. The van der Waals surface area contributed by atoms with Crippen LogP contribution in [0.15, 0.2) is 88.5 Å². The number of nitrogens with one attached hydrogen (secondary N) is 1. The highest BCUT2D eigenvalue weighted by atomic mass is 32.2. The van der Waals surface area contributed by atoms with Crippen molar-refractivity contribution in [2.24, 2.45) is 0 Å². The average Bonchev–Trinajstić information content (AvgIpc) is 3.24. The molecule has 4 aromatic rings. The molecule has 8 heteroatoms. The lowest BCUT2D eigenvalue weighted by atomic mass is 10.2. The fourth-order valence-electron chi connectivity index (χ4n) is 2.85. The van der Waals surface area contributed by atoms with E-state index in [-0.39, 0.29) is 5.91 Å². The zero-order chi connectivity index (χ0) is 22.3. The van der Waals surface area contributed by atoms with Gasteiger partial charge in [0.05, 0.1) is 11.3 Å². The summed E-state index contributed by atoms with van der Waals surface area (Å²) in [5.74, 6) is 0.877. The van der Waals surface area contributed by atoms with Gasteiger partial charge in [0, 0.05) is 29.3 Å². The molecular weight excluding hydrogens is 426 g/mol. The molecule has 0 aliphatic rings. The lowest BCUT2D eigenvalue weighted by Crippen LogP contribution is -2.12. The van der Waals surface area contributed by atoms with E-state index in [1.54, 1.807) is 66.9 Å². The van der Waals surface area contributed by atoms with Crippen LogP contribution >= 0.6 is 11.8 Å². The van der Waals surface area contributed by atoms with Crippen LogP contribution < -0.4 is 10.1 Å². The monoisotopic (exact) mass is 445 g/mol. The summed E-state index contributed by atoms with van der Waals surface area (Å²) in [6.45, 7) is 1.82. The molecule has 0 saturated carbocycles. The first-order valence-corrected chi connectivity index (χ1v) is 10.8. The number of benzene rings is 2. The van der Waals surface area contributed by atoms with E-state index >= 15 is 0 Å². The number of thioether (sulfide) groups is 1. The third-order valence-corrected chi connectivity index (χ3v) is 5.42. The molecule has 0 bridgehead atoms. The Bertz CT molecular complexity index is 1220. The number of hydrogen-bond donors (Lipinski definition) is 1. The van der Waals surface area contributed by atoms with E-state index in [2.05, 4.69) is 15.5 Å². The number of ether oxygens (including phenoxy) is 1. The molecule has 1 amide bonds. The quantitative estimate of drug-likeness (QED) is 0.239. The number of aromatic nitrogens is 2. The van der Waals surface area contributed by atoms with Gasteiger partial charge in [0.1, 0.15) is 16.5 Å². The summed E-state index contributed by atoms with van der Waals surface area (Å²) in [6, 6.07) is 20.7. The van der Waals surface area contributed by atoms with Crippen molar-refractivity contribution in [3.8, 4) is 5.75 Å². The van der Waals surface area contributed by atoms with Gasteiger partial charge in [-0.3, -0.25) is 4.79 Å². The smallest absolute Gasteiger partial charge is 0.346 e. The van der Waals surface area contributed by atoms with Crippen molar-refractivity contribution in [1.29, 1.82) is 0 Å². The number of esters is 1. The minimum atomic E-state index is -0.516. The number of hydrogen-bond acceptors (Lipinski definition) is 7. The highest BCUT2D eigenvalue weighted by Crippen LogP contribution is 2.25. The Morgan fingerprint density at radius 3 is 2.53 bits per heavy atom. The highest BCUT2D eigenvalue weighted by Gasteiger charge is 2.16. The Morgan fingerprint density at radius 1 is 1.03 bits per heavy atom. The maximum absolute atomic E-state index is 12.7. The van der Waals surface area contributed by atoms with Crippen LogP contribution in [0.1, 0.15) is 32.2 Å². The molecular formula is C24H19N3O4S. The topological polar surface area (TPSA) is 94.3 Å². The zero-order valence-corrected chi connectivity index (χ0v) is 18.0. The minimum absolute atomic E-state index is 0.213. The van der Waals surface area contributed by atoms with Crippen LogP contribution in [0.4, 0.5) is 5.69 Å². The van der Waals surface area contributed by atoms with Crippen LogP contribution in [0.25, 0.3) is 0 Å². The zero-order valence-electron chi connectivity index (χ0n) is 17.1. The van der Waals surface area contributed by atoms with E-state index in [0.717, 1.165) is 11.5 Å². The van der Waals surface area contributed by atoms with Crippen LogP contribution in [-0.2, 0) is 5.75 Å². The molecule has 4 rings (SSSR count). The van der Waals surface area contributed by atoms with Gasteiger partial charge in [-0.05, 0) is 55.5 Å². The van der Waals surface area contributed by atoms with Crippen LogP contribution in [0.2, 0.25) is 0 Å². The molecule has 0 aliphatic heterocycles. The van der Waals surface area contributed by atoms with Gasteiger partial charge in [0.25, 0.3) is 5.91 Å². The number of rotatable bonds is 7. The SMILES string of the molecule is Cc1cc(CSc2ncccc2C(=O)Oc2ccc(NC(=O)c3ccccc3)cc2)no1. The van der Waals surface area contributed by atoms with Crippen molar-refractivity contribution in [3.05, 3.63) is 102 Å². The van der Waals surface area contributed by atoms with Gasteiger partial charge < -0.3 is 14.6 Å². The summed E-state index contributed by atoms with van der Waals surface area (Å²) >= 11 is 1.38. The standard InChI is InChI=1S/C24H19N3O4S/c1-16-14-19(27-31-16)15-32-23-21(8-5-13-25-23)24(29)30-20-11-9-18(10-12-20)26-22(28)17-6-3-2-4-7-17/h2-14H,15H2,1H3,(H,26,28). The number of carbonyl (C=O) groups is 2. The predicted molar refractivity (Wildman–Crippen MR) is 121 cm³/mol. The summed E-state index contributed by atoms with van der Waals surface area (Å²) in [4.78, 5) is 29.3. The lowest BCUT2D eigenvalue weighted by Gasteiger charge is -2.09. The van der Waals surface area contributed by atoms with Gasteiger partial charge in [-0.1, -0.05) is 35.1 Å². The van der Waals surface area contributed by atoms with Crippen LogP contribution in [-0.4, -0.2) is 22.0 Å². The van der Waals surface area contributed by atoms with Crippen molar-refractivity contribution >= 4 is 29.3 Å². The number of carbonyl (C=O) groups excluding carboxylic acids is 2. The fraction of sp³-hybridized carbons (Fsp3) is 0.0833. The van der Waals surface area contributed by atoms with E-state index in [4.69, 9.17) is 9.26 Å². The Morgan fingerprint density at radius 2 is 1.81 bits per heavy atom. The van der Waals surface area contributed by atoms with Crippen LogP contribution in [0.5, 0.6) is 5.75 Å². The Balaban J connectivity index is 1.39. The normalized spacial score (nSPS) is 10.5. The summed E-state index contributed by atoms with van der Waals surface area (Å²) < 4.78 is 10.6. The first-order valence-electron chi connectivity index (χ1n) is 9.77. The van der Waals surface area contributed by atoms with E-state index in [1.165, 1.54) is 11.8 Å². The summed E-state index contributed by atoms with van der Waals surface area (Å²) in [5, 5.41) is 7.30. The molecule has 0 atom stereocenters. The largest absolute Gasteiger partial charge is 0.423 e. The molecule has 2 heterocycles. The predicted octanol–water partition coefficient (Wildman–Crippen LogP) is 5.14. The third-order valence-electron chi connectivity index (χ3n) is 4.38. The van der Waals surface area contributed by atoms with Crippen molar-refractivity contribution in [1.82, 2.24) is 10.1 Å². The van der Waals surface area contributed by atoms with Crippen LogP contribution in [0.3, 0.4) is 0 Å². The summed E-state index contributed by atoms with van der Waals surface area (Å²) in [6.07, 6.45) is 1.62. The van der Waals surface area contributed by atoms with Gasteiger partial charge in [-0.15, -0.1) is 0 Å². The summed E-state index contributed by atoms with van der Waals surface area (Å²) in [5.41, 5.74) is 2.29. The molecule has 160 valence electrons. The average molecular weight is 446 g/mol. The first-order chi connectivity index (χ1) is 15.6. The van der Waals surface area contributed by atoms with Gasteiger partial charge in [-0.2, -0.15) is 0 Å².